The summed E-state index contributed by atoms with van der Waals surface area (Å²) in [4.78, 5) is 9.60. The Morgan fingerprint density at radius 3 is 1.13 bits per heavy atom. The lowest BCUT2D eigenvalue weighted by atomic mass is 10.4. The molecule has 0 saturated carbocycles. The van der Waals surface area contributed by atoms with Crippen LogP contribution in [0.15, 0.2) is 209 Å². The van der Waals surface area contributed by atoms with Crippen molar-refractivity contribution in [3.8, 4) is 0 Å². The normalized spacial score (nSPS) is 11.2. The SMILES string of the molecule is C.C.CS(=O)c1ccc(Sc2ccccc2)cc1.CS(=O)c1ccccc1.CSc1ccc([S+](C)c2ccccc2)cc1.CSc1ccccc1.O.[H+]. The van der Waals surface area contributed by atoms with Crippen molar-refractivity contribution in [1.82, 2.24) is 0 Å². The topological polar surface area (TPSA) is 65.6 Å². The van der Waals surface area contributed by atoms with E-state index in [2.05, 4.69) is 97.6 Å². The van der Waals surface area contributed by atoms with E-state index in [1.54, 1.807) is 47.8 Å². The number of hydrogen-bond donors (Lipinski definition) is 0. The molecule has 6 rings (SSSR count). The van der Waals surface area contributed by atoms with Crippen LogP contribution in [0.4, 0.5) is 0 Å². The van der Waals surface area contributed by atoms with Crippen LogP contribution < -0.4 is 0 Å². The molecule has 0 heterocycles. The van der Waals surface area contributed by atoms with E-state index in [0.29, 0.717) is 0 Å². The van der Waals surface area contributed by atoms with Crippen molar-refractivity contribution in [3.63, 3.8) is 0 Å². The summed E-state index contributed by atoms with van der Waals surface area (Å²) in [5.74, 6) is 0. The summed E-state index contributed by atoms with van der Waals surface area (Å²) >= 11 is 5.27. The fourth-order valence-electron chi connectivity index (χ4n) is 4.03. The van der Waals surface area contributed by atoms with Crippen LogP contribution in [0.3, 0.4) is 0 Å². The van der Waals surface area contributed by atoms with Gasteiger partial charge in [0.05, 0.1) is 10.9 Å². The Labute approximate surface area is 335 Å². The summed E-state index contributed by atoms with van der Waals surface area (Å²) in [6.07, 6.45) is 9.84. The van der Waals surface area contributed by atoms with Gasteiger partial charge in [-0.1, -0.05) is 99.4 Å². The van der Waals surface area contributed by atoms with Crippen LogP contribution >= 0.6 is 35.3 Å². The van der Waals surface area contributed by atoms with Crippen LogP contribution in [0.2, 0.25) is 0 Å². The molecule has 0 bridgehead atoms. The Kier molecular flexibility index (Phi) is 26.8. The van der Waals surface area contributed by atoms with Gasteiger partial charge in [0, 0.05) is 63.5 Å². The molecular weight excluding hydrogens is 757 g/mol. The Bertz CT molecular complexity index is 1800. The van der Waals surface area contributed by atoms with E-state index in [-0.39, 0.29) is 32.7 Å². The van der Waals surface area contributed by atoms with Crippen molar-refractivity contribution in [2.75, 3.05) is 31.3 Å². The van der Waals surface area contributed by atoms with Gasteiger partial charge in [-0.3, -0.25) is 8.42 Å². The lowest BCUT2D eigenvalue weighted by molar-refractivity contribution is 0.686. The van der Waals surface area contributed by atoms with E-state index in [1.807, 2.05) is 91.0 Å². The molecule has 0 aliphatic rings. The van der Waals surface area contributed by atoms with Crippen LogP contribution in [0, 0.1) is 0 Å². The Balaban J connectivity index is 0. The minimum absolute atomic E-state index is 0. The molecule has 9 heteroatoms. The standard InChI is InChI=1S/C14H15S2.C13H12OS2.C7H8OS.C7H8S.2CH4.H2O/c1-15-12-8-10-14(11-9-12)16(2)13-6-4-3-5-7-13;1-16(14)13-9-7-12(8-10-13)15-11-5-3-2-4-6-11;1-9(8)7-5-3-2-4-6-7;1-8-7-5-3-2-4-6-7;;;/h3-11H,1-2H3;2-10H,1H3;2-6H,1H3;2-6H,1H3;2*1H4;1H2/q+1;;;;;;/p+1. The smallest absolute Gasteiger partial charge is 0.412 e. The Morgan fingerprint density at radius 1 is 0.442 bits per heavy atom. The van der Waals surface area contributed by atoms with Gasteiger partial charge < -0.3 is 5.48 Å². The molecule has 3 atom stereocenters. The lowest BCUT2D eigenvalue weighted by Gasteiger charge is -2.02. The molecule has 3 nitrogen and oxygen atoms in total. The van der Waals surface area contributed by atoms with Gasteiger partial charge in [-0.25, -0.2) is 0 Å². The summed E-state index contributed by atoms with van der Waals surface area (Å²) in [6.45, 7) is 0. The summed E-state index contributed by atoms with van der Waals surface area (Å²) in [7, 11) is -1.54. The van der Waals surface area contributed by atoms with Gasteiger partial charge in [0.25, 0.3) is 0 Å². The van der Waals surface area contributed by atoms with Crippen LogP contribution in [0.1, 0.15) is 16.3 Å². The van der Waals surface area contributed by atoms with Gasteiger partial charge in [-0.05, 0) is 110 Å². The van der Waals surface area contributed by atoms with Crippen LogP contribution in [0.5, 0.6) is 0 Å². The second-order valence-corrected chi connectivity index (χ2v) is 17.8. The van der Waals surface area contributed by atoms with Gasteiger partial charge in [0.2, 0.25) is 0 Å². The predicted octanol–water partition coefficient (Wildman–Crippen LogP) is 12.0. The van der Waals surface area contributed by atoms with E-state index in [1.165, 1.54) is 29.4 Å². The van der Waals surface area contributed by atoms with Crippen molar-refractivity contribution >= 4 is 67.8 Å². The third-order valence-corrected chi connectivity index (χ3v) is 13.0. The molecule has 0 saturated heterocycles. The quantitative estimate of drug-likeness (QED) is 0.113. The highest BCUT2D eigenvalue weighted by atomic mass is 32.2. The third-order valence-electron chi connectivity index (χ3n) is 6.70. The molecule has 3 unspecified atom stereocenters. The van der Waals surface area contributed by atoms with Crippen molar-refractivity contribution in [2.45, 2.75) is 54.0 Å². The molecule has 6 aromatic rings. The van der Waals surface area contributed by atoms with Crippen molar-refractivity contribution in [3.05, 3.63) is 170 Å². The molecular formula is C43H54O3S6+2. The zero-order valence-electron chi connectivity index (χ0n) is 29.9. The number of thioether (sulfide) groups is 2. The highest BCUT2D eigenvalue weighted by Gasteiger charge is 2.18. The largest absolute Gasteiger partial charge is 1.00 e. The molecule has 0 amide bonds. The highest BCUT2D eigenvalue weighted by Crippen LogP contribution is 2.28. The van der Waals surface area contributed by atoms with E-state index in [9.17, 15) is 8.42 Å². The van der Waals surface area contributed by atoms with E-state index < -0.39 is 21.6 Å². The maximum absolute atomic E-state index is 11.2. The van der Waals surface area contributed by atoms with Crippen molar-refractivity contribution in [2.24, 2.45) is 0 Å². The molecule has 0 spiro atoms. The summed E-state index contributed by atoms with van der Waals surface area (Å²) in [6, 6.07) is 57.4. The molecule has 0 aromatic heterocycles. The molecule has 2 N–H and O–H groups in total. The van der Waals surface area contributed by atoms with Crippen LogP contribution in [-0.2, 0) is 32.5 Å². The first kappa shape index (κ1) is 49.0. The second kappa shape index (κ2) is 28.5. The Hall–Kier alpha value is -3.02. The number of hydrogen-bond acceptors (Lipinski definition) is 5. The first-order chi connectivity index (χ1) is 23.8. The zero-order valence-corrected chi connectivity index (χ0v) is 33.8. The van der Waals surface area contributed by atoms with E-state index in [0.717, 1.165) is 9.79 Å². The fourth-order valence-corrected chi connectivity index (χ4v) is 8.15. The average molecular weight is 811 g/mol. The minimum Gasteiger partial charge on any atom is -0.412 e. The number of rotatable bonds is 8. The average Bonchev–Trinajstić information content (AvgIpc) is 3.17. The summed E-state index contributed by atoms with van der Waals surface area (Å²) < 4.78 is 22.0. The van der Waals surface area contributed by atoms with Gasteiger partial charge in [-0.15, -0.1) is 23.5 Å². The summed E-state index contributed by atoms with van der Waals surface area (Å²) in [5.41, 5.74) is 0. The minimum atomic E-state index is -0.893. The van der Waals surface area contributed by atoms with Crippen LogP contribution in [-0.4, -0.2) is 45.2 Å². The van der Waals surface area contributed by atoms with E-state index >= 15 is 0 Å². The first-order valence-electron chi connectivity index (χ1n) is 15.3. The molecule has 0 fully saturated rings. The van der Waals surface area contributed by atoms with Gasteiger partial charge in [0.15, 0.2) is 9.79 Å². The number of benzene rings is 6. The molecule has 0 aliphatic carbocycles. The third kappa shape index (κ3) is 18.6. The van der Waals surface area contributed by atoms with Gasteiger partial charge in [0.1, 0.15) is 6.26 Å². The van der Waals surface area contributed by atoms with Crippen LogP contribution in [0.25, 0.3) is 0 Å². The monoisotopic (exact) mass is 810 g/mol. The molecule has 0 aliphatic heterocycles. The maximum atomic E-state index is 11.2. The first-order valence-corrected chi connectivity index (χ1v) is 23.3. The Morgan fingerprint density at radius 2 is 0.750 bits per heavy atom. The lowest BCUT2D eigenvalue weighted by Crippen LogP contribution is -1.99. The van der Waals surface area contributed by atoms with E-state index in [4.69, 9.17) is 0 Å². The molecule has 52 heavy (non-hydrogen) atoms. The zero-order chi connectivity index (χ0) is 35.3. The predicted molar refractivity (Wildman–Crippen MR) is 239 cm³/mol. The maximum Gasteiger partial charge on any atom is 1.00 e. The van der Waals surface area contributed by atoms with Crippen molar-refractivity contribution < 1.29 is 15.3 Å². The van der Waals surface area contributed by atoms with Gasteiger partial charge >= 0.3 is 1.43 Å². The second-order valence-electron chi connectivity index (χ2n) is 10.1. The summed E-state index contributed by atoms with van der Waals surface area (Å²) in [5, 5.41) is 0. The molecule has 6 aromatic carbocycles. The van der Waals surface area contributed by atoms with Gasteiger partial charge in [-0.2, -0.15) is 0 Å². The van der Waals surface area contributed by atoms with Crippen molar-refractivity contribution in [1.29, 1.82) is 0 Å². The molecule has 0 radical (unpaired) electrons. The fraction of sp³-hybridized carbons (Fsp3) is 0.163. The molecule has 278 valence electrons. The highest BCUT2D eigenvalue weighted by molar-refractivity contribution is 7.99.